The number of carbonyl (C=O) groups excluding carboxylic acids is 1. The number of nitrogens with one attached hydrogen (secondary N) is 1. The SMILES string of the molecule is Cc1cc(-c2cccc(C(C)(CNC(=O)c3cc(-c4ccc(F)cc4F)on3)c3cnn(C)c3)n2)cnc1C. The van der Waals surface area contributed by atoms with E-state index >= 15 is 0 Å². The maximum absolute atomic E-state index is 14.2. The number of carbonyl (C=O) groups is 1. The molecule has 0 bridgehead atoms. The maximum atomic E-state index is 14.2. The Kier molecular flexibility index (Phi) is 6.78. The van der Waals surface area contributed by atoms with Crippen LogP contribution in [0.1, 0.15) is 39.9 Å². The van der Waals surface area contributed by atoms with E-state index in [-0.39, 0.29) is 23.6 Å². The van der Waals surface area contributed by atoms with Crippen molar-refractivity contribution in [3.05, 3.63) is 107 Å². The molecular weight excluding hydrogens is 502 g/mol. The topological polar surface area (TPSA) is 98.7 Å². The van der Waals surface area contributed by atoms with Crippen molar-refractivity contribution in [2.24, 2.45) is 7.05 Å². The molecule has 0 saturated heterocycles. The molecule has 4 aromatic heterocycles. The van der Waals surface area contributed by atoms with Gasteiger partial charge in [0.1, 0.15) is 11.6 Å². The fourth-order valence-electron chi connectivity index (χ4n) is 4.28. The summed E-state index contributed by atoms with van der Waals surface area (Å²) < 4.78 is 34.3. The molecule has 0 spiro atoms. The summed E-state index contributed by atoms with van der Waals surface area (Å²) in [5.41, 5.74) is 4.44. The van der Waals surface area contributed by atoms with Gasteiger partial charge in [0, 0.05) is 54.9 Å². The van der Waals surface area contributed by atoms with Crippen molar-refractivity contribution < 1.29 is 18.1 Å². The van der Waals surface area contributed by atoms with Crippen molar-refractivity contribution in [3.63, 3.8) is 0 Å². The smallest absolute Gasteiger partial charge is 0.273 e. The predicted octanol–water partition coefficient (Wildman–Crippen LogP) is 5.16. The molecule has 4 heterocycles. The van der Waals surface area contributed by atoms with Crippen LogP contribution in [0.2, 0.25) is 0 Å². The third-order valence-corrected chi connectivity index (χ3v) is 6.83. The lowest BCUT2D eigenvalue weighted by atomic mass is 9.80. The summed E-state index contributed by atoms with van der Waals surface area (Å²) in [6, 6.07) is 12.2. The lowest BCUT2D eigenvalue weighted by molar-refractivity contribution is 0.0938. The van der Waals surface area contributed by atoms with Crippen LogP contribution in [-0.4, -0.2) is 37.4 Å². The van der Waals surface area contributed by atoms with Gasteiger partial charge < -0.3 is 9.84 Å². The fraction of sp³-hybridized carbons (Fsp3) is 0.207. The third-order valence-electron chi connectivity index (χ3n) is 6.83. The van der Waals surface area contributed by atoms with Gasteiger partial charge in [-0.2, -0.15) is 5.10 Å². The van der Waals surface area contributed by atoms with E-state index < -0.39 is 23.0 Å². The summed E-state index contributed by atoms with van der Waals surface area (Å²) in [5, 5.41) is 11.0. The Morgan fingerprint density at radius 2 is 1.92 bits per heavy atom. The minimum Gasteiger partial charge on any atom is -0.355 e. The number of pyridine rings is 2. The Morgan fingerprint density at radius 1 is 1.10 bits per heavy atom. The summed E-state index contributed by atoms with van der Waals surface area (Å²) in [6.07, 6.45) is 5.41. The van der Waals surface area contributed by atoms with Crippen LogP contribution in [0.25, 0.3) is 22.6 Å². The first kappa shape index (κ1) is 25.9. The number of halogens is 2. The van der Waals surface area contributed by atoms with E-state index in [9.17, 15) is 13.6 Å². The van der Waals surface area contributed by atoms with E-state index in [1.54, 1.807) is 17.1 Å². The van der Waals surface area contributed by atoms with Crippen molar-refractivity contribution in [1.82, 2.24) is 30.2 Å². The van der Waals surface area contributed by atoms with E-state index in [1.165, 1.54) is 12.1 Å². The number of rotatable bonds is 7. The van der Waals surface area contributed by atoms with Crippen LogP contribution in [0.15, 0.2) is 71.6 Å². The van der Waals surface area contributed by atoms with Gasteiger partial charge in [0.25, 0.3) is 5.91 Å². The first-order chi connectivity index (χ1) is 18.6. The number of hydrogen-bond donors (Lipinski definition) is 1. The molecule has 10 heteroatoms. The number of hydrogen-bond acceptors (Lipinski definition) is 6. The average molecular weight is 529 g/mol. The van der Waals surface area contributed by atoms with Crippen LogP contribution in [0.4, 0.5) is 8.78 Å². The second-order valence-electron chi connectivity index (χ2n) is 9.65. The first-order valence-electron chi connectivity index (χ1n) is 12.2. The van der Waals surface area contributed by atoms with Crippen molar-refractivity contribution in [2.45, 2.75) is 26.2 Å². The van der Waals surface area contributed by atoms with Crippen LogP contribution in [-0.2, 0) is 12.5 Å². The zero-order valence-corrected chi connectivity index (χ0v) is 21.9. The first-order valence-corrected chi connectivity index (χ1v) is 12.2. The monoisotopic (exact) mass is 528 g/mol. The van der Waals surface area contributed by atoms with Crippen LogP contribution >= 0.6 is 0 Å². The highest BCUT2D eigenvalue weighted by Gasteiger charge is 2.33. The number of nitrogens with zero attached hydrogens (tertiary/aromatic N) is 5. The molecule has 1 atom stereocenters. The van der Waals surface area contributed by atoms with E-state index in [0.29, 0.717) is 0 Å². The maximum Gasteiger partial charge on any atom is 0.273 e. The lowest BCUT2D eigenvalue weighted by Gasteiger charge is -2.29. The highest BCUT2D eigenvalue weighted by molar-refractivity contribution is 5.93. The van der Waals surface area contributed by atoms with Gasteiger partial charge in [-0.15, -0.1) is 0 Å². The van der Waals surface area contributed by atoms with E-state index in [4.69, 9.17) is 9.51 Å². The quantitative estimate of drug-likeness (QED) is 0.313. The van der Waals surface area contributed by atoms with Crippen molar-refractivity contribution >= 4 is 5.91 Å². The van der Waals surface area contributed by atoms with Gasteiger partial charge >= 0.3 is 0 Å². The molecule has 5 rings (SSSR count). The minimum atomic E-state index is -0.813. The summed E-state index contributed by atoms with van der Waals surface area (Å²) in [5.74, 6) is -2.02. The van der Waals surface area contributed by atoms with E-state index in [1.807, 2.05) is 58.3 Å². The molecular formula is C29H26F2N6O2. The van der Waals surface area contributed by atoms with Gasteiger partial charge in [0.05, 0.1) is 28.6 Å². The standard InChI is InChI=1S/C29H26F2N6O2/c1-17-10-19(13-32-18(17)2)24-6-5-7-27(35-24)29(3,20-14-34-37(4)15-20)16-33-28(38)25-12-26(39-36-25)22-9-8-21(30)11-23(22)31/h5-15H,16H2,1-4H3,(H,33,38). The summed E-state index contributed by atoms with van der Waals surface area (Å²) >= 11 is 0. The van der Waals surface area contributed by atoms with Crippen LogP contribution in [0.5, 0.6) is 0 Å². The van der Waals surface area contributed by atoms with Gasteiger partial charge in [-0.25, -0.2) is 8.78 Å². The van der Waals surface area contributed by atoms with Crippen molar-refractivity contribution in [3.8, 4) is 22.6 Å². The average Bonchev–Trinajstić information content (AvgIpc) is 3.59. The minimum absolute atomic E-state index is 0.00463. The Labute approximate surface area is 223 Å². The third kappa shape index (κ3) is 5.18. The lowest BCUT2D eigenvalue weighted by Crippen LogP contribution is -2.40. The summed E-state index contributed by atoms with van der Waals surface area (Å²) in [7, 11) is 1.82. The van der Waals surface area contributed by atoms with E-state index in [0.717, 1.165) is 45.9 Å². The molecule has 0 saturated carbocycles. The Hall–Kier alpha value is -4.73. The van der Waals surface area contributed by atoms with Crippen LogP contribution in [0, 0.1) is 25.5 Å². The highest BCUT2D eigenvalue weighted by Crippen LogP contribution is 2.32. The molecule has 0 aliphatic heterocycles. The van der Waals surface area contributed by atoms with Crippen molar-refractivity contribution in [1.29, 1.82) is 0 Å². The Morgan fingerprint density at radius 3 is 2.64 bits per heavy atom. The fourth-order valence-corrected chi connectivity index (χ4v) is 4.28. The number of benzene rings is 1. The molecule has 0 radical (unpaired) electrons. The Balaban J connectivity index is 1.43. The molecule has 1 unspecified atom stereocenters. The number of aromatic nitrogens is 5. The molecule has 8 nitrogen and oxygen atoms in total. The molecule has 0 aliphatic rings. The van der Waals surface area contributed by atoms with Crippen molar-refractivity contribution in [2.75, 3.05) is 6.54 Å². The van der Waals surface area contributed by atoms with Gasteiger partial charge in [0.15, 0.2) is 11.5 Å². The largest absolute Gasteiger partial charge is 0.355 e. The molecule has 5 aromatic rings. The molecule has 1 N–H and O–H groups in total. The molecule has 1 amide bonds. The molecule has 0 fully saturated rings. The number of amides is 1. The normalized spacial score (nSPS) is 12.8. The Bertz CT molecular complexity index is 1680. The van der Waals surface area contributed by atoms with Gasteiger partial charge in [0.2, 0.25) is 0 Å². The van der Waals surface area contributed by atoms with Gasteiger partial charge in [-0.1, -0.05) is 11.2 Å². The molecule has 0 aliphatic carbocycles. The molecule has 1 aromatic carbocycles. The zero-order chi connectivity index (χ0) is 27.7. The second kappa shape index (κ2) is 10.2. The summed E-state index contributed by atoms with van der Waals surface area (Å²) in [4.78, 5) is 22.5. The predicted molar refractivity (Wildman–Crippen MR) is 141 cm³/mol. The zero-order valence-electron chi connectivity index (χ0n) is 21.9. The second-order valence-corrected chi connectivity index (χ2v) is 9.65. The van der Waals surface area contributed by atoms with Gasteiger partial charge in [-0.05, 0) is 56.7 Å². The van der Waals surface area contributed by atoms with Crippen LogP contribution < -0.4 is 5.32 Å². The van der Waals surface area contributed by atoms with E-state index in [2.05, 4.69) is 20.6 Å². The molecule has 39 heavy (non-hydrogen) atoms. The summed E-state index contributed by atoms with van der Waals surface area (Å²) in [6.45, 7) is 6.09. The molecule has 198 valence electrons. The van der Waals surface area contributed by atoms with Gasteiger partial charge in [-0.3, -0.25) is 19.4 Å². The number of aryl methyl sites for hydroxylation is 3. The highest BCUT2D eigenvalue weighted by atomic mass is 19.1. The van der Waals surface area contributed by atoms with Crippen LogP contribution in [0.3, 0.4) is 0 Å².